The van der Waals surface area contributed by atoms with Gasteiger partial charge in [-0.2, -0.15) is 18.4 Å². The van der Waals surface area contributed by atoms with Crippen molar-refractivity contribution in [2.75, 3.05) is 49.6 Å². The first-order valence-corrected chi connectivity index (χ1v) is 16.2. The van der Waals surface area contributed by atoms with Crippen molar-refractivity contribution in [1.82, 2.24) is 30.0 Å². The quantitative estimate of drug-likeness (QED) is 0.245. The molecule has 0 saturated carbocycles. The molecule has 15 heteroatoms. The van der Waals surface area contributed by atoms with Crippen LogP contribution >= 0.6 is 0 Å². The van der Waals surface area contributed by atoms with Gasteiger partial charge in [0.15, 0.2) is 5.82 Å². The predicted octanol–water partition coefficient (Wildman–Crippen LogP) is 4.61. The molecular formula is C35H36F3N9O3. The predicted molar refractivity (Wildman–Crippen MR) is 179 cm³/mol. The number of alkyl halides is 3. The van der Waals surface area contributed by atoms with Crippen LogP contribution in [0.2, 0.25) is 0 Å². The van der Waals surface area contributed by atoms with Crippen LogP contribution in [0.4, 0.5) is 24.8 Å². The smallest absolute Gasteiger partial charge is 0.378 e. The topological polar surface area (TPSA) is 141 Å². The number of rotatable bonds is 10. The SMILES string of the molecule is CC(C)CNc1cc(-c2cc(C#N)ccc2-c2nncn2C)cc(N2Cc3c(cc(CNCC(=O)N4CCOCC4)cc3C(F)(F)F)C2=O)n1. The Balaban J connectivity index is 1.36. The molecule has 0 radical (unpaired) electrons. The average Bonchev–Trinajstić information content (AvgIpc) is 3.68. The number of benzene rings is 2. The van der Waals surface area contributed by atoms with Gasteiger partial charge in [0, 0.05) is 44.4 Å². The Hall–Kier alpha value is -5.33. The number of amides is 2. The van der Waals surface area contributed by atoms with Crippen LogP contribution in [-0.2, 0) is 35.8 Å². The van der Waals surface area contributed by atoms with Gasteiger partial charge >= 0.3 is 6.18 Å². The van der Waals surface area contributed by atoms with E-state index in [9.17, 15) is 28.0 Å². The van der Waals surface area contributed by atoms with E-state index < -0.39 is 17.6 Å². The van der Waals surface area contributed by atoms with Gasteiger partial charge in [0.05, 0.1) is 43.5 Å². The molecule has 4 heterocycles. The summed E-state index contributed by atoms with van der Waals surface area (Å²) in [7, 11) is 1.79. The molecule has 2 amide bonds. The van der Waals surface area contributed by atoms with E-state index in [1.54, 1.807) is 53.2 Å². The summed E-state index contributed by atoms with van der Waals surface area (Å²) >= 11 is 0. The molecule has 0 spiro atoms. The van der Waals surface area contributed by atoms with Crippen LogP contribution in [0.1, 0.15) is 46.5 Å². The fraction of sp³-hybridized carbons (Fsp3) is 0.371. The van der Waals surface area contributed by atoms with Crippen molar-refractivity contribution in [3.63, 3.8) is 0 Å². The second kappa shape index (κ2) is 14.3. The largest absolute Gasteiger partial charge is 0.416 e. The van der Waals surface area contributed by atoms with Crippen molar-refractivity contribution >= 4 is 23.5 Å². The van der Waals surface area contributed by atoms with Gasteiger partial charge in [-0.05, 0) is 70.6 Å². The highest BCUT2D eigenvalue weighted by Crippen LogP contribution is 2.41. The van der Waals surface area contributed by atoms with E-state index in [4.69, 9.17) is 4.74 Å². The molecule has 2 aromatic carbocycles. The van der Waals surface area contributed by atoms with Gasteiger partial charge in [-0.1, -0.05) is 13.8 Å². The number of carbonyl (C=O) groups is 2. The first-order valence-electron chi connectivity index (χ1n) is 16.2. The number of nitriles is 1. The minimum Gasteiger partial charge on any atom is -0.378 e. The monoisotopic (exact) mass is 687 g/mol. The zero-order valence-corrected chi connectivity index (χ0v) is 27.8. The highest BCUT2D eigenvalue weighted by atomic mass is 19.4. The summed E-state index contributed by atoms with van der Waals surface area (Å²) in [6, 6.07) is 13.2. The van der Waals surface area contributed by atoms with Gasteiger partial charge in [0.2, 0.25) is 5.91 Å². The molecule has 6 rings (SSSR count). The van der Waals surface area contributed by atoms with Crippen LogP contribution in [0.25, 0.3) is 22.5 Å². The number of nitrogens with one attached hydrogen (secondary N) is 2. The minimum absolute atomic E-state index is 0.0449. The summed E-state index contributed by atoms with van der Waals surface area (Å²) < 4.78 is 50.5. The molecule has 0 unspecified atom stereocenters. The number of fused-ring (bicyclic) bond motifs is 1. The molecule has 2 aromatic heterocycles. The van der Waals surface area contributed by atoms with E-state index in [0.717, 1.165) is 6.07 Å². The number of nitrogens with zero attached hydrogens (tertiary/aromatic N) is 7. The third-order valence-corrected chi connectivity index (χ3v) is 8.57. The lowest BCUT2D eigenvalue weighted by atomic mass is 9.97. The van der Waals surface area contributed by atoms with E-state index >= 15 is 0 Å². The fourth-order valence-corrected chi connectivity index (χ4v) is 6.03. The molecule has 2 N–H and O–H groups in total. The van der Waals surface area contributed by atoms with E-state index in [-0.39, 0.29) is 54.0 Å². The summed E-state index contributed by atoms with van der Waals surface area (Å²) in [6.45, 7) is 5.91. The normalized spacial score (nSPS) is 14.6. The third-order valence-electron chi connectivity index (χ3n) is 8.57. The van der Waals surface area contributed by atoms with Crippen LogP contribution in [0.3, 0.4) is 0 Å². The molecule has 260 valence electrons. The average molecular weight is 688 g/mol. The standard InChI is InChI=1S/C35H36F3N9O3/c1-21(2)16-41-30-13-24(26-10-22(15-39)4-5-25(26)33-44-42-20-45(33)3)14-31(43-30)47-19-28-27(34(47)49)11-23(12-29(28)35(36,37)38)17-40-18-32(48)46-6-8-50-9-7-46/h4-5,10-14,20-21,40H,6-9,16-19H2,1-3H3,(H,41,43). The van der Waals surface area contributed by atoms with Crippen molar-refractivity contribution in [1.29, 1.82) is 5.26 Å². The third kappa shape index (κ3) is 7.31. The number of ether oxygens (including phenoxy) is 1. The Morgan fingerprint density at radius 3 is 2.54 bits per heavy atom. The Kier molecular flexibility index (Phi) is 9.85. The number of hydrogen-bond donors (Lipinski definition) is 2. The molecule has 1 fully saturated rings. The van der Waals surface area contributed by atoms with Gasteiger partial charge in [0.25, 0.3) is 5.91 Å². The van der Waals surface area contributed by atoms with Crippen LogP contribution in [0.15, 0.2) is 48.8 Å². The number of morpholine rings is 1. The molecule has 0 atom stereocenters. The Bertz CT molecular complexity index is 1960. The Labute approximate surface area is 286 Å². The Morgan fingerprint density at radius 1 is 1.08 bits per heavy atom. The highest BCUT2D eigenvalue weighted by molar-refractivity contribution is 6.10. The fourth-order valence-electron chi connectivity index (χ4n) is 6.03. The molecular weight excluding hydrogens is 651 g/mol. The highest BCUT2D eigenvalue weighted by Gasteiger charge is 2.41. The van der Waals surface area contributed by atoms with Crippen LogP contribution in [0.5, 0.6) is 0 Å². The van der Waals surface area contributed by atoms with Gasteiger partial charge in [-0.15, -0.1) is 10.2 Å². The molecule has 0 bridgehead atoms. The molecule has 0 aliphatic carbocycles. The molecule has 2 aliphatic heterocycles. The van der Waals surface area contributed by atoms with E-state index in [2.05, 4.69) is 31.9 Å². The molecule has 12 nitrogen and oxygen atoms in total. The number of aryl methyl sites for hydroxylation is 1. The minimum atomic E-state index is -4.73. The van der Waals surface area contributed by atoms with Crippen molar-refractivity contribution in [3.05, 3.63) is 76.6 Å². The summed E-state index contributed by atoms with van der Waals surface area (Å²) in [4.78, 5) is 34.1. The van der Waals surface area contributed by atoms with Crippen LogP contribution < -0.4 is 15.5 Å². The maximum atomic E-state index is 14.5. The Morgan fingerprint density at radius 2 is 1.86 bits per heavy atom. The maximum absolute atomic E-state index is 14.5. The molecule has 1 saturated heterocycles. The molecule has 50 heavy (non-hydrogen) atoms. The summed E-state index contributed by atoms with van der Waals surface area (Å²) in [5, 5.41) is 24.2. The number of halogens is 3. The first-order chi connectivity index (χ1) is 23.9. The number of aromatic nitrogens is 4. The van der Waals surface area contributed by atoms with E-state index in [1.165, 1.54) is 11.0 Å². The van der Waals surface area contributed by atoms with Crippen LogP contribution in [0, 0.1) is 17.2 Å². The second-order valence-corrected chi connectivity index (χ2v) is 12.7. The number of anilines is 2. The van der Waals surface area contributed by atoms with Gasteiger partial charge in [0.1, 0.15) is 18.0 Å². The number of carbonyl (C=O) groups excluding carboxylic acids is 2. The van der Waals surface area contributed by atoms with Crippen molar-refractivity contribution in [2.45, 2.75) is 33.1 Å². The van der Waals surface area contributed by atoms with Crippen molar-refractivity contribution in [2.24, 2.45) is 13.0 Å². The number of pyridine rings is 1. The number of hydrogen-bond acceptors (Lipinski definition) is 9. The van der Waals surface area contributed by atoms with Crippen molar-refractivity contribution < 1.29 is 27.5 Å². The van der Waals surface area contributed by atoms with Gasteiger partial charge < -0.3 is 24.8 Å². The zero-order valence-electron chi connectivity index (χ0n) is 27.8. The van der Waals surface area contributed by atoms with Gasteiger partial charge in [-0.25, -0.2) is 4.98 Å². The molecule has 4 aromatic rings. The lowest BCUT2D eigenvalue weighted by Crippen LogP contribution is -2.44. The van der Waals surface area contributed by atoms with E-state index in [0.29, 0.717) is 66.7 Å². The van der Waals surface area contributed by atoms with Gasteiger partial charge in [-0.3, -0.25) is 14.5 Å². The lowest BCUT2D eigenvalue weighted by molar-refractivity contribution is -0.138. The zero-order chi connectivity index (χ0) is 35.6. The van der Waals surface area contributed by atoms with Crippen molar-refractivity contribution in [3.8, 4) is 28.6 Å². The summed E-state index contributed by atoms with van der Waals surface area (Å²) in [5.41, 5.74) is 1.31. The summed E-state index contributed by atoms with van der Waals surface area (Å²) in [6.07, 6.45) is -3.18. The lowest BCUT2D eigenvalue weighted by Gasteiger charge is -2.27. The first kappa shape index (κ1) is 34.5. The van der Waals surface area contributed by atoms with Crippen LogP contribution in [-0.4, -0.2) is 75.9 Å². The second-order valence-electron chi connectivity index (χ2n) is 12.7. The molecule has 2 aliphatic rings. The summed E-state index contributed by atoms with van der Waals surface area (Å²) in [5.74, 6) is 0.519. The maximum Gasteiger partial charge on any atom is 0.416 e. The van der Waals surface area contributed by atoms with E-state index in [1.807, 2.05) is 13.8 Å².